The van der Waals surface area contributed by atoms with Gasteiger partial charge in [0, 0.05) is 23.2 Å². The lowest BCUT2D eigenvalue weighted by molar-refractivity contribution is -0.119. The van der Waals surface area contributed by atoms with Crippen molar-refractivity contribution in [2.45, 2.75) is 31.1 Å². The molecule has 1 amide bonds. The number of nitrogens with one attached hydrogen (secondary N) is 2. The van der Waals surface area contributed by atoms with E-state index in [-0.39, 0.29) is 24.6 Å². The van der Waals surface area contributed by atoms with E-state index < -0.39 is 17.0 Å². The second-order valence-electron chi connectivity index (χ2n) is 6.90. The highest BCUT2D eigenvalue weighted by Crippen LogP contribution is 2.42. The van der Waals surface area contributed by atoms with E-state index in [2.05, 4.69) is 10.6 Å². The number of nitriles is 1. The van der Waals surface area contributed by atoms with Crippen molar-refractivity contribution in [3.8, 4) is 6.07 Å². The molecule has 1 aliphatic carbocycles. The summed E-state index contributed by atoms with van der Waals surface area (Å²) in [7, 11) is 0. The van der Waals surface area contributed by atoms with Crippen LogP contribution in [-0.4, -0.2) is 19.0 Å². The standard InChI is InChI=1S/C21H21F2N3O/c22-17-4-3-5-18(23)20(17)21(10-1-2-11-21)14-26-19(27)13-25-16-8-6-15(12-24)7-9-16/h3-9,25H,1-2,10-11,13-14H2,(H,26,27). The zero-order chi connectivity index (χ0) is 19.3. The highest BCUT2D eigenvalue weighted by atomic mass is 19.1. The van der Waals surface area contributed by atoms with Crippen molar-refractivity contribution >= 4 is 11.6 Å². The first-order valence-electron chi connectivity index (χ1n) is 8.99. The van der Waals surface area contributed by atoms with Gasteiger partial charge in [0.1, 0.15) is 11.6 Å². The van der Waals surface area contributed by atoms with Gasteiger partial charge in [-0.25, -0.2) is 8.78 Å². The van der Waals surface area contributed by atoms with Gasteiger partial charge in [-0.1, -0.05) is 18.9 Å². The van der Waals surface area contributed by atoms with Crippen LogP contribution in [0.2, 0.25) is 0 Å². The first kappa shape index (κ1) is 18.8. The number of benzene rings is 2. The third-order valence-electron chi connectivity index (χ3n) is 5.14. The van der Waals surface area contributed by atoms with E-state index in [4.69, 9.17) is 5.26 Å². The molecule has 1 saturated carbocycles. The molecule has 3 rings (SSSR count). The Kier molecular flexibility index (Phi) is 5.70. The summed E-state index contributed by atoms with van der Waals surface area (Å²) in [5.74, 6) is -1.36. The Balaban J connectivity index is 1.62. The zero-order valence-electron chi connectivity index (χ0n) is 14.9. The number of hydrogen-bond donors (Lipinski definition) is 2. The summed E-state index contributed by atoms with van der Waals surface area (Å²) in [6.07, 6.45) is 3.06. The Labute approximate surface area is 157 Å². The quantitative estimate of drug-likeness (QED) is 0.812. The maximum absolute atomic E-state index is 14.3. The third-order valence-corrected chi connectivity index (χ3v) is 5.14. The van der Waals surface area contributed by atoms with Crippen molar-refractivity contribution in [2.24, 2.45) is 0 Å². The van der Waals surface area contributed by atoms with Crippen molar-refractivity contribution in [3.63, 3.8) is 0 Å². The molecule has 0 radical (unpaired) electrons. The predicted molar refractivity (Wildman–Crippen MR) is 99.2 cm³/mol. The van der Waals surface area contributed by atoms with Gasteiger partial charge >= 0.3 is 0 Å². The van der Waals surface area contributed by atoms with Crippen LogP contribution in [0.4, 0.5) is 14.5 Å². The lowest BCUT2D eigenvalue weighted by Crippen LogP contribution is -2.42. The molecule has 2 N–H and O–H groups in total. The smallest absolute Gasteiger partial charge is 0.239 e. The maximum atomic E-state index is 14.3. The Morgan fingerprint density at radius 2 is 1.70 bits per heavy atom. The Bertz CT molecular complexity index is 832. The second-order valence-corrected chi connectivity index (χ2v) is 6.90. The van der Waals surface area contributed by atoms with E-state index in [1.165, 1.54) is 18.2 Å². The Hall–Kier alpha value is -2.94. The molecule has 1 fully saturated rings. The number of anilines is 1. The summed E-state index contributed by atoms with van der Waals surface area (Å²) in [5, 5.41) is 14.6. The van der Waals surface area contributed by atoms with Gasteiger partial charge in [-0.2, -0.15) is 5.26 Å². The van der Waals surface area contributed by atoms with Crippen LogP contribution in [0.25, 0.3) is 0 Å². The number of carbonyl (C=O) groups excluding carboxylic acids is 1. The molecule has 6 heteroatoms. The van der Waals surface area contributed by atoms with Crippen LogP contribution in [0.3, 0.4) is 0 Å². The second kappa shape index (κ2) is 8.17. The van der Waals surface area contributed by atoms with Gasteiger partial charge in [0.15, 0.2) is 0 Å². The molecule has 0 atom stereocenters. The largest absolute Gasteiger partial charge is 0.376 e. The minimum Gasteiger partial charge on any atom is -0.376 e. The van der Waals surface area contributed by atoms with Crippen molar-refractivity contribution < 1.29 is 13.6 Å². The number of amides is 1. The molecule has 0 saturated heterocycles. The third kappa shape index (κ3) is 4.25. The van der Waals surface area contributed by atoms with E-state index in [0.717, 1.165) is 18.5 Å². The van der Waals surface area contributed by atoms with E-state index in [1.807, 2.05) is 6.07 Å². The van der Waals surface area contributed by atoms with Gasteiger partial charge in [0.25, 0.3) is 0 Å². The fourth-order valence-electron chi connectivity index (χ4n) is 3.75. The van der Waals surface area contributed by atoms with Gasteiger partial charge in [0.2, 0.25) is 5.91 Å². The molecule has 0 spiro atoms. The highest BCUT2D eigenvalue weighted by molar-refractivity contribution is 5.80. The molecule has 0 bridgehead atoms. The van der Waals surface area contributed by atoms with Crippen LogP contribution in [0.1, 0.15) is 36.8 Å². The molecular weight excluding hydrogens is 348 g/mol. The molecule has 0 heterocycles. The lowest BCUT2D eigenvalue weighted by atomic mass is 9.78. The van der Waals surface area contributed by atoms with Crippen molar-refractivity contribution in [1.29, 1.82) is 5.26 Å². The van der Waals surface area contributed by atoms with E-state index in [9.17, 15) is 13.6 Å². The molecule has 4 nitrogen and oxygen atoms in total. The Morgan fingerprint density at radius 1 is 1.07 bits per heavy atom. The molecule has 27 heavy (non-hydrogen) atoms. The molecular formula is C21H21F2N3O. The van der Waals surface area contributed by atoms with Crippen LogP contribution < -0.4 is 10.6 Å². The molecule has 0 unspecified atom stereocenters. The molecule has 2 aromatic carbocycles. The molecule has 1 aliphatic rings. The number of rotatable bonds is 6. The maximum Gasteiger partial charge on any atom is 0.239 e. The van der Waals surface area contributed by atoms with Gasteiger partial charge in [0.05, 0.1) is 18.2 Å². The monoisotopic (exact) mass is 369 g/mol. The fourth-order valence-corrected chi connectivity index (χ4v) is 3.75. The molecule has 0 aliphatic heterocycles. The summed E-state index contributed by atoms with van der Waals surface area (Å²) >= 11 is 0. The first-order chi connectivity index (χ1) is 13.0. The fraction of sp³-hybridized carbons (Fsp3) is 0.333. The van der Waals surface area contributed by atoms with Gasteiger partial charge in [-0.15, -0.1) is 0 Å². The first-order valence-corrected chi connectivity index (χ1v) is 8.99. The summed E-state index contributed by atoms with van der Waals surface area (Å²) in [6, 6.07) is 12.7. The lowest BCUT2D eigenvalue weighted by Gasteiger charge is -2.30. The number of halogens is 2. The van der Waals surface area contributed by atoms with Crippen molar-refractivity contribution in [1.82, 2.24) is 5.32 Å². The summed E-state index contributed by atoms with van der Waals surface area (Å²) in [6.45, 7) is 0.250. The van der Waals surface area contributed by atoms with Crippen LogP contribution in [0, 0.1) is 23.0 Å². The zero-order valence-corrected chi connectivity index (χ0v) is 14.9. The van der Waals surface area contributed by atoms with Crippen LogP contribution in [0.5, 0.6) is 0 Å². The minimum atomic E-state index is -0.695. The average Bonchev–Trinajstić information content (AvgIpc) is 3.14. The van der Waals surface area contributed by atoms with Crippen LogP contribution in [-0.2, 0) is 10.2 Å². The van der Waals surface area contributed by atoms with Gasteiger partial charge in [-0.3, -0.25) is 4.79 Å². The summed E-state index contributed by atoms with van der Waals surface area (Å²) < 4.78 is 28.6. The summed E-state index contributed by atoms with van der Waals surface area (Å²) in [5.41, 5.74) is 0.655. The predicted octanol–water partition coefficient (Wildman–Crippen LogP) is 3.88. The highest BCUT2D eigenvalue weighted by Gasteiger charge is 2.40. The average molecular weight is 369 g/mol. The molecule has 0 aromatic heterocycles. The van der Waals surface area contributed by atoms with Crippen molar-refractivity contribution in [2.75, 3.05) is 18.4 Å². The van der Waals surface area contributed by atoms with Crippen LogP contribution >= 0.6 is 0 Å². The van der Waals surface area contributed by atoms with E-state index in [1.54, 1.807) is 24.3 Å². The van der Waals surface area contributed by atoms with Gasteiger partial charge < -0.3 is 10.6 Å². The number of nitrogens with zero attached hydrogens (tertiary/aromatic N) is 1. The van der Waals surface area contributed by atoms with Crippen LogP contribution in [0.15, 0.2) is 42.5 Å². The Morgan fingerprint density at radius 3 is 2.30 bits per heavy atom. The van der Waals surface area contributed by atoms with E-state index >= 15 is 0 Å². The van der Waals surface area contributed by atoms with Crippen molar-refractivity contribution in [3.05, 3.63) is 65.2 Å². The van der Waals surface area contributed by atoms with E-state index in [0.29, 0.717) is 18.4 Å². The number of carbonyl (C=O) groups is 1. The van der Waals surface area contributed by atoms with Gasteiger partial charge in [-0.05, 0) is 49.2 Å². The molecule has 2 aromatic rings. The molecule has 140 valence electrons. The normalized spacial score (nSPS) is 15.1. The summed E-state index contributed by atoms with van der Waals surface area (Å²) in [4.78, 5) is 12.2. The topological polar surface area (TPSA) is 64.9 Å². The number of hydrogen-bond acceptors (Lipinski definition) is 3. The minimum absolute atomic E-state index is 0.0434. The SMILES string of the molecule is N#Cc1ccc(NCC(=O)NCC2(c3c(F)cccc3F)CCCC2)cc1.